The quantitative estimate of drug-likeness (QED) is 0.540. The highest BCUT2D eigenvalue weighted by molar-refractivity contribution is 7.20. The first-order valence-corrected chi connectivity index (χ1v) is 9.94. The molecule has 0 fully saturated rings. The summed E-state index contributed by atoms with van der Waals surface area (Å²) >= 11 is 1.45. The minimum absolute atomic E-state index is 0.156. The summed E-state index contributed by atoms with van der Waals surface area (Å²) in [5, 5.41) is 8.04. The van der Waals surface area contributed by atoms with Gasteiger partial charge in [0.15, 0.2) is 23.0 Å². The van der Waals surface area contributed by atoms with Crippen molar-refractivity contribution in [1.29, 1.82) is 0 Å². The van der Waals surface area contributed by atoms with E-state index >= 15 is 0 Å². The molecule has 0 aliphatic carbocycles. The van der Waals surface area contributed by atoms with E-state index in [-0.39, 0.29) is 19.5 Å². The SMILES string of the molecule is Cc1cc(NC(=O)c2ccc3c(c2)OCO3)n(-c2nc3cc4c(cc3s2)OCO4)n1. The smallest absolute Gasteiger partial charge is 0.256 e. The van der Waals surface area contributed by atoms with Crippen LogP contribution in [0.15, 0.2) is 36.4 Å². The number of thiazole rings is 1. The minimum atomic E-state index is -0.281. The highest BCUT2D eigenvalue weighted by Crippen LogP contribution is 2.39. The van der Waals surface area contributed by atoms with Crippen LogP contribution >= 0.6 is 11.3 Å². The first kappa shape index (κ1) is 17.1. The van der Waals surface area contributed by atoms with E-state index in [0.29, 0.717) is 39.5 Å². The van der Waals surface area contributed by atoms with E-state index in [2.05, 4.69) is 15.4 Å². The number of rotatable bonds is 3. The van der Waals surface area contributed by atoms with Gasteiger partial charge in [-0.05, 0) is 25.1 Å². The molecule has 0 radical (unpaired) electrons. The highest BCUT2D eigenvalue weighted by Gasteiger charge is 2.21. The Morgan fingerprint density at radius 2 is 1.73 bits per heavy atom. The van der Waals surface area contributed by atoms with E-state index in [1.807, 2.05) is 19.1 Å². The summed E-state index contributed by atoms with van der Waals surface area (Å²) in [5.74, 6) is 2.79. The maximum atomic E-state index is 12.8. The van der Waals surface area contributed by atoms with Crippen molar-refractivity contribution in [2.24, 2.45) is 0 Å². The first-order valence-electron chi connectivity index (χ1n) is 9.12. The Morgan fingerprint density at radius 1 is 1.00 bits per heavy atom. The van der Waals surface area contributed by atoms with Gasteiger partial charge in [-0.25, -0.2) is 4.98 Å². The number of aryl methyl sites for hydroxylation is 1. The predicted molar refractivity (Wildman–Crippen MR) is 108 cm³/mol. The molecule has 0 saturated heterocycles. The molecule has 0 atom stereocenters. The molecule has 1 amide bonds. The summed E-state index contributed by atoms with van der Waals surface area (Å²) < 4.78 is 24.1. The van der Waals surface area contributed by atoms with Crippen molar-refractivity contribution in [3.63, 3.8) is 0 Å². The maximum absolute atomic E-state index is 12.8. The van der Waals surface area contributed by atoms with Gasteiger partial charge in [-0.2, -0.15) is 9.78 Å². The molecule has 0 unspecified atom stereocenters. The third-order valence-corrected chi connectivity index (χ3v) is 5.75. The molecular weight excluding hydrogens is 408 g/mol. The van der Waals surface area contributed by atoms with Crippen molar-refractivity contribution in [2.45, 2.75) is 6.92 Å². The summed E-state index contributed by atoms with van der Waals surface area (Å²) in [7, 11) is 0. The molecule has 9 nitrogen and oxygen atoms in total. The molecule has 0 bridgehead atoms. The summed E-state index contributed by atoms with van der Waals surface area (Å²) in [5.41, 5.74) is 1.99. The average molecular weight is 422 g/mol. The lowest BCUT2D eigenvalue weighted by Crippen LogP contribution is -2.15. The molecular formula is C20H14N4O5S. The number of carbonyl (C=O) groups excluding carboxylic acids is 1. The fourth-order valence-electron chi connectivity index (χ4n) is 3.36. The third kappa shape index (κ3) is 2.72. The van der Waals surface area contributed by atoms with Crippen LogP contribution in [-0.2, 0) is 0 Å². The molecule has 4 aromatic rings. The number of hydrogen-bond donors (Lipinski definition) is 1. The Kier molecular flexibility index (Phi) is 3.62. The van der Waals surface area contributed by atoms with Crippen LogP contribution in [0.1, 0.15) is 16.1 Å². The van der Waals surface area contributed by atoms with Crippen LogP contribution in [0.2, 0.25) is 0 Å². The third-order valence-electron chi connectivity index (χ3n) is 4.76. The Bertz CT molecular complexity index is 1290. The molecule has 2 aliphatic rings. The lowest BCUT2D eigenvalue weighted by molar-refractivity contribution is 0.102. The van der Waals surface area contributed by atoms with Crippen LogP contribution in [-0.4, -0.2) is 34.3 Å². The second-order valence-corrected chi connectivity index (χ2v) is 7.78. The summed E-state index contributed by atoms with van der Waals surface area (Å²) in [6.07, 6.45) is 0. The number of nitrogens with one attached hydrogen (secondary N) is 1. The number of hydrogen-bond acceptors (Lipinski definition) is 8. The van der Waals surface area contributed by atoms with Crippen LogP contribution in [0, 0.1) is 6.92 Å². The van der Waals surface area contributed by atoms with Gasteiger partial charge in [0.2, 0.25) is 18.7 Å². The monoisotopic (exact) mass is 422 g/mol. The van der Waals surface area contributed by atoms with Crippen LogP contribution < -0.4 is 24.3 Å². The number of amides is 1. The first-order chi connectivity index (χ1) is 14.6. The molecule has 4 heterocycles. The lowest BCUT2D eigenvalue weighted by atomic mass is 10.2. The number of benzene rings is 2. The topological polar surface area (TPSA) is 96.7 Å². The number of aromatic nitrogens is 3. The Morgan fingerprint density at radius 3 is 2.57 bits per heavy atom. The molecule has 0 spiro atoms. The number of ether oxygens (including phenoxy) is 4. The van der Waals surface area contributed by atoms with Gasteiger partial charge in [-0.3, -0.25) is 4.79 Å². The van der Waals surface area contributed by atoms with Gasteiger partial charge in [-0.1, -0.05) is 11.3 Å². The number of nitrogens with zero attached hydrogens (tertiary/aromatic N) is 3. The van der Waals surface area contributed by atoms with Gasteiger partial charge >= 0.3 is 0 Å². The number of fused-ring (bicyclic) bond motifs is 3. The van der Waals surface area contributed by atoms with Gasteiger partial charge in [-0.15, -0.1) is 0 Å². The van der Waals surface area contributed by atoms with E-state index in [1.54, 1.807) is 28.9 Å². The highest BCUT2D eigenvalue weighted by atomic mass is 32.1. The van der Waals surface area contributed by atoms with E-state index < -0.39 is 0 Å². The number of carbonyl (C=O) groups is 1. The standard InChI is InChI=1S/C20H14N4O5S/c1-10-4-18(22-19(25)11-2-3-13-14(5-11)27-8-26-13)24(23-10)20-21-12-6-15-16(29-9-28-15)7-17(12)30-20/h2-7H,8-9H2,1H3,(H,22,25). The second-order valence-electron chi connectivity index (χ2n) is 6.77. The minimum Gasteiger partial charge on any atom is -0.454 e. The summed E-state index contributed by atoms with van der Waals surface area (Å²) in [6.45, 7) is 2.23. The van der Waals surface area contributed by atoms with Gasteiger partial charge < -0.3 is 24.3 Å². The zero-order chi connectivity index (χ0) is 20.2. The molecule has 10 heteroatoms. The number of anilines is 1. The summed E-state index contributed by atoms with van der Waals surface area (Å²) in [6, 6.07) is 10.6. The van der Waals surface area contributed by atoms with Gasteiger partial charge in [0.05, 0.1) is 15.9 Å². The zero-order valence-electron chi connectivity index (χ0n) is 15.7. The van der Waals surface area contributed by atoms with Crippen molar-refractivity contribution in [3.05, 3.63) is 47.7 Å². The zero-order valence-corrected chi connectivity index (χ0v) is 16.5. The maximum Gasteiger partial charge on any atom is 0.256 e. The van der Waals surface area contributed by atoms with Crippen molar-refractivity contribution in [3.8, 4) is 28.1 Å². The molecule has 6 rings (SSSR count). The largest absolute Gasteiger partial charge is 0.454 e. The Hall–Kier alpha value is -3.79. The lowest BCUT2D eigenvalue weighted by Gasteiger charge is -2.07. The van der Waals surface area contributed by atoms with Crippen LogP contribution in [0.3, 0.4) is 0 Å². The normalized spacial score (nSPS) is 13.8. The van der Waals surface area contributed by atoms with Crippen molar-refractivity contribution >= 4 is 33.3 Å². The van der Waals surface area contributed by atoms with Crippen molar-refractivity contribution in [2.75, 3.05) is 18.9 Å². The van der Waals surface area contributed by atoms with Crippen molar-refractivity contribution in [1.82, 2.24) is 14.8 Å². The van der Waals surface area contributed by atoms with E-state index in [1.165, 1.54) is 11.3 Å². The fraction of sp³-hybridized carbons (Fsp3) is 0.150. The Balaban J connectivity index is 1.34. The molecule has 2 aromatic carbocycles. The molecule has 1 N–H and O–H groups in total. The van der Waals surface area contributed by atoms with Crippen LogP contribution in [0.4, 0.5) is 5.82 Å². The predicted octanol–water partition coefficient (Wildman–Crippen LogP) is 3.50. The van der Waals surface area contributed by atoms with Gasteiger partial charge in [0.1, 0.15) is 5.82 Å². The average Bonchev–Trinajstić information content (AvgIpc) is 3.51. The van der Waals surface area contributed by atoms with Crippen LogP contribution in [0.5, 0.6) is 23.0 Å². The van der Waals surface area contributed by atoms with Gasteiger partial charge in [0, 0.05) is 23.8 Å². The molecule has 150 valence electrons. The molecule has 30 heavy (non-hydrogen) atoms. The fourth-order valence-corrected chi connectivity index (χ4v) is 4.30. The van der Waals surface area contributed by atoms with Crippen LogP contribution in [0.25, 0.3) is 15.3 Å². The second kappa shape index (κ2) is 6.36. The van der Waals surface area contributed by atoms with Crippen molar-refractivity contribution < 1.29 is 23.7 Å². The molecule has 0 saturated carbocycles. The van der Waals surface area contributed by atoms with E-state index in [0.717, 1.165) is 15.9 Å². The summed E-state index contributed by atoms with van der Waals surface area (Å²) in [4.78, 5) is 17.5. The Labute approximate surface area is 173 Å². The molecule has 2 aliphatic heterocycles. The van der Waals surface area contributed by atoms with E-state index in [4.69, 9.17) is 18.9 Å². The molecule has 2 aromatic heterocycles. The van der Waals surface area contributed by atoms with Gasteiger partial charge in [0.25, 0.3) is 5.91 Å². The van der Waals surface area contributed by atoms with E-state index in [9.17, 15) is 4.79 Å².